The molecule has 1 aliphatic carbocycles. The van der Waals surface area contributed by atoms with Crippen LogP contribution in [-0.2, 0) is 17.6 Å². The van der Waals surface area contributed by atoms with Gasteiger partial charge in [0.2, 0.25) is 5.89 Å². The molecule has 0 amide bonds. The highest BCUT2D eigenvalue weighted by atomic mass is 16.5. The summed E-state index contributed by atoms with van der Waals surface area (Å²) in [5, 5.41) is 12.5. The number of rotatable bonds is 12. The van der Waals surface area contributed by atoms with E-state index in [1.807, 2.05) is 43.3 Å². The zero-order chi connectivity index (χ0) is 24.8. The molecule has 0 radical (unpaired) electrons. The summed E-state index contributed by atoms with van der Waals surface area (Å²) in [7, 11) is 1.67. The number of ether oxygens (including phenoxy) is 2. The number of methoxy groups -OCH3 is 1. The van der Waals surface area contributed by atoms with Crippen LogP contribution in [-0.4, -0.2) is 36.3 Å². The second-order valence-corrected chi connectivity index (χ2v) is 9.01. The van der Waals surface area contributed by atoms with Crippen LogP contribution in [0.15, 0.2) is 40.8 Å². The number of aryl methyl sites for hydroxylation is 2. The van der Waals surface area contributed by atoms with Crippen molar-refractivity contribution in [3.8, 4) is 23.0 Å². The minimum atomic E-state index is -0.746. The maximum Gasteiger partial charge on any atom is 0.303 e. The second-order valence-electron chi connectivity index (χ2n) is 9.01. The first-order valence-electron chi connectivity index (χ1n) is 12.3. The first-order valence-corrected chi connectivity index (χ1v) is 12.3. The molecule has 1 atom stereocenters. The van der Waals surface area contributed by atoms with Crippen molar-refractivity contribution < 1.29 is 23.8 Å². The normalized spacial score (nSPS) is 14.5. The molecule has 0 aliphatic heterocycles. The summed E-state index contributed by atoms with van der Waals surface area (Å²) in [6.45, 7) is 5.45. The van der Waals surface area contributed by atoms with Gasteiger partial charge in [-0.1, -0.05) is 19.4 Å². The van der Waals surface area contributed by atoms with E-state index in [1.165, 1.54) is 5.56 Å². The van der Waals surface area contributed by atoms with Crippen LogP contribution in [0.3, 0.4) is 0 Å². The smallest absolute Gasteiger partial charge is 0.303 e. The Kier molecular flexibility index (Phi) is 7.95. The Bertz CT molecular complexity index is 1170. The van der Waals surface area contributed by atoms with E-state index in [4.69, 9.17) is 24.0 Å². The molecule has 1 aliphatic rings. The number of aliphatic carboxylic acids is 1. The molecule has 0 spiro atoms. The monoisotopic (exact) mass is 478 g/mol. The number of carboxylic acids is 1. The fourth-order valence-electron chi connectivity index (χ4n) is 4.62. The van der Waals surface area contributed by atoms with Crippen molar-refractivity contribution >= 4 is 11.7 Å². The van der Waals surface area contributed by atoms with Gasteiger partial charge in [-0.15, -0.1) is 0 Å². The van der Waals surface area contributed by atoms with E-state index in [9.17, 15) is 4.79 Å². The average molecular weight is 479 g/mol. The molecule has 3 aromatic rings. The van der Waals surface area contributed by atoms with Gasteiger partial charge in [0, 0.05) is 18.5 Å². The number of fused-ring (bicyclic) bond motifs is 1. The Morgan fingerprint density at radius 2 is 2.11 bits per heavy atom. The number of aromatic nitrogens is 1. The van der Waals surface area contributed by atoms with E-state index in [0.717, 1.165) is 72.0 Å². The van der Waals surface area contributed by atoms with Crippen molar-refractivity contribution in [2.24, 2.45) is 0 Å². The van der Waals surface area contributed by atoms with Gasteiger partial charge in [-0.25, -0.2) is 4.98 Å². The van der Waals surface area contributed by atoms with Crippen LogP contribution in [0.25, 0.3) is 11.5 Å². The van der Waals surface area contributed by atoms with E-state index in [-0.39, 0.29) is 12.3 Å². The number of hydrogen-bond donors (Lipinski definition) is 2. The molecule has 1 heterocycles. The number of nitrogens with one attached hydrogen (secondary N) is 1. The van der Waals surface area contributed by atoms with Gasteiger partial charge in [-0.2, -0.15) is 0 Å². The van der Waals surface area contributed by atoms with Gasteiger partial charge in [0.1, 0.15) is 17.3 Å². The lowest BCUT2D eigenvalue weighted by atomic mass is 9.98. The van der Waals surface area contributed by atoms with Crippen LogP contribution < -0.4 is 14.8 Å². The molecule has 0 fully saturated rings. The zero-order valence-electron chi connectivity index (χ0n) is 20.7. The number of nitrogens with zero attached hydrogens (tertiary/aromatic N) is 1. The summed E-state index contributed by atoms with van der Waals surface area (Å²) in [5.41, 5.74) is 5.03. The number of carbonyl (C=O) groups is 1. The molecular weight excluding hydrogens is 444 g/mol. The predicted octanol–water partition coefficient (Wildman–Crippen LogP) is 6.00. The lowest BCUT2D eigenvalue weighted by Gasteiger charge is -2.11. The summed E-state index contributed by atoms with van der Waals surface area (Å²) in [6, 6.07) is 11.9. The number of benzene rings is 2. The maximum atomic E-state index is 11.1. The van der Waals surface area contributed by atoms with E-state index in [1.54, 1.807) is 7.11 Å². The molecule has 1 aromatic heterocycles. The summed E-state index contributed by atoms with van der Waals surface area (Å²) < 4.78 is 17.5. The molecule has 4 rings (SSSR count). The molecule has 0 saturated carbocycles. The van der Waals surface area contributed by atoms with Gasteiger partial charge < -0.3 is 24.3 Å². The summed E-state index contributed by atoms with van der Waals surface area (Å²) in [4.78, 5) is 15.8. The topological polar surface area (TPSA) is 93.8 Å². The average Bonchev–Trinajstić information content (AvgIpc) is 3.41. The van der Waals surface area contributed by atoms with Gasteiger partial charge in [0.05, 0.1) is 31.5 Å². The molecule has 35 heavy (non-hydrogen) atoms. The Hall–Kier alpha value is -3.48. The highest BCUT2D eigenvalue weighted by Crippen LogP contribution is 2.37. The molecule has 7 heteroatoms. The van der Waals surface area contributed by atoms with E-state index < -0.39 is 5.97 Å². The fourth-order valence-corrected chi connectivity index (χ4v) is 4.62. The molecular formula is C28H34N2O5. The van der Waals surface area contributed by atoms with Gasteiger partial charge >= 0.3 is 5.97 Å². The van der Waals surface area contributed by atoms with Gasteiger partial charge in [-0.3, -0.25) is 4.79 Å². The van der Waals surface area contributed by atoms with Gasteiger partial charge in [-0.05, 0) is 73.6 Å². The zero-order valence-corrected chi connectivity index (χ0v) is 20.7. The highest BCUT2D eigenvalue weighted by molar-refractivity contribution is 5.69. The molecule has 186 valence electrons. The number of anilines is 1. The second kappa shape index (κ2) is 11.3. The largest absolute Gasteiger partial charge is 0.495 e. The molecule has 7 nitrogen and oxygen atoms in total. The first-order chi connectivity index (χ1) is 17.0. The van der Waals surface area contributed by atoms with E-state index >= 15 is 0 Å². The van der Waals surface area contributed by atoms with Crippen LogP contribution in [0, 0.1) is 6.92 Å². The van der Waals surface area contributed by atoms with Crippen molar-refractivity contribution in [1.29, 1.82) is 0 Å². The Morgan fingerprint density at radius 3 is 2.89 bits per heavy atom. The van der Waals surface area contributed by atoms with Crippen molar-refractivity contribution in [2.75, 3.05) is 25.6 Å². The van der Waals surface area contributed by atoms with Crippen molar-refractivity contribution in [3.05, 3.63) is 59.0 Å². The van der Waals surface area contributed by atoms with Gasteiger partial charge in [0.15, 0.2) is 0 Å². The SMILES string of the molecule is CCCCNc1cc(-c2nc(CCOc3ccc4c(c3)CC[C@H]4CC(=O)O)c(C)o2)ccc1OC. The standard InChI is InChI=1S/C28H34N2O5/c1-4-5-13-29-25-16-21(8-11-26(25)33-3)28-30-24(18(2)35-28)12-14-34-22-9-10-23-19(15-22)6-7-20(23)17-27(31)32/h8-11,15-16,20,29H,4-7,12-14,17H2,1-3H3,(H,31,32)/t20-/m0/s1. The van der Waals surface area contributed by atoms with Crippen LogP contribution >= 0.6 is 0 Å². The minimum absolute atomic E-state index is 0.105. The Morgan fingerprint density at radius 1 is 1.26 bits per heavy atom. The fraction of sp³-hybridized carbons (Fsp3) is 0.429. The van der Waals surface area contributed by atoms with Crippen molar-refractivity contribution in [3.63, 3.8) is 0 Å². The lowest BCUT2D eigenvalue weighted by molar-refractivity contribution is -0.137. The van der Waals surface area contributed by atoms with Crippen LogP contribution in [0.1, 0.15) is 61.1 Å². The lowest BCUT2D eigenvalue weighted by Crippen LogP contribution is -2.04. The number of hydrogen-bond acceptors (Lipinski definition) is 6. The third-order valence-corrected chi connectivity index (χ3v) is 6.53. The molecule has 2 aromatic carbocycles. The van der Waals surface area contributed by atoms with Crippen LogP contribution in [0.4, 0.5) is 5.69 Å². The Balaban J connectivity index is 1.38. The maximum absolute atomic E-state index is 11.1. The third kappa shape index (κ3) is 5.96. The molecule has 0 saturated heterocycles. The quantitative estimate of drug-likeness (QED) is 0.309. The van der Waals surface area contributed by atoms with Crippen LogP contribution in [0.5, 0.6) is 11.5 Å². The minimum Gasteiger partial charge on any atom is -0.495 e. The molecule has 0 bridgehead atoms. The summed E-state index contributed by atoms with van der Waals surface area (Å²) in [6.07, 6.45) is 4.80. The number of unbranched alkanes of at least 4 members (excludes halogenated alkanes) is 1. The number of carboxylic acid groups (broad SMARTS) is 1. The highest BCUT2D eigenvalue weighted by Gasteiger charge is 2.25. The van der Waals surface area contributed by atoms with Crippen molar-refractivity contribution in [2.45, 2.75) is 58.3 Å². The van der Waals surface area contributed by atoms with E-state index in [0.29, 0.717) is 18.9 Å². The van der Waals surface area contributed by atoms with E-state index in [2.05, 4.69) is 12.2 Å². The number of oxazole rings is 1. The summed E-state index contributed by atoms with van der Waals surface area (Å²) >= 11 is 0. The van der Waals surface area contributed by atoms with Gasteiger partial charge in [0.25, 0.3) is 0 Å². The molecule has 2 N–H and O–H groups in total. The Labute approximate surface area is 206 Å². The summed E-state index contributed by atoms with van der Waals surface area (Å²) in [5.74, 6) is 2.33. The van der Waals surface area contributed by atoms with Crippen LogP contribution in [0.2, 0.25) is 0 Å². The predicted molar refractivity (Wildman–Crippen MR) is 136 cm³/mol. The van der Waals surface area contributed by atoms with Crippen molar-refractivity contribution in [1.82, 2.24) is 4.98 Å². The molecule has 0 unspecified atom stereocenters. The third-order valence-electron chi connectivity index (χ3n) is 6.53. The first kappa shape index (κ1) is 24.6.